The Kier molecular flexibility index (Phi) is 3.67. The molecule has 0 saturated carbocycles. The molecule has 0 atom stereocenters. The van der Waals surface area contributed by atoms with Crippen LogP contribution >= 0.6 is 0 Å². The number of hydrogen-bond acceptors (Lipinski definition) is 4. The van der Waals surface area contributed by atoms with Crippen molar-refractivity contribution in [3.05, 3.63) is 53.6 Å². The minimum absolute atomic E-state index is 0.0148. The molecule has 1 aromatic carbocycles. The van der Waals surface area contributed by atoms with E-state index in [0.29, 0.717) is 17.1 Å². The lowest BCUT2D eigenvalue weighted by molar-refractivity contribution is 0.101. The van der Waals surface area contributed by atoms with Crippen molar-refractivity contribution >= 4 is 5.78 Å². The van der Waals surface area contributed by atoms with E-state index >= 15 is 0 Å². The van der Waals surface area contributed by atoms with Gasteiger partial charge in [-0.05, 0) is 37.6 Å². The molecule has 4 heteroatoms. The summed E-state index contributed by atoms with van der Waals surface area (Å²) < 4.78 is 5.62. The van der Waals surface area contributed by atoms with Gasteiger partial charge in [0.25, 0.3) is 0 Å². The lowest BCUT2D eigenvalue weighted by Gasteiger charge is -2.09. The van der Waals surface area contributed by atoms with E-state index in [1.165, 1.54) is 6.92 Å². The molecule has 1 aromatic heterocycles. The van der Waals surface area contributed by atoms with Crippen LogP contribution in [0.25, 0.3) is 0 Å². The highest BCUT2D eigenvalue weighted by molar-refractivity contribution is 5.96. The molecule has 0 unspecified atom stereocenters. The third-order valence-electron chi connectivity index (χ3n) is 2.49. The first-order valence-electron chi connectivity index (χ1n) is 5.67. The highest BCUT2D eigenvalue weighted by atomic mass is 16.5. The molecule has 0 fully saturated rings. The number of benzene rings is 1. The molecule has 0 saturated heterocycles. The number of carbonyl (C=O) groups is 1. The van der Waals surface area contributed by atoms with Gasteiger partial charge in [-0.3, -0.25) is 4.79 Å². The SMILES string of the molecule is CC(=O)c1ccc(C)cc1OCc1ncccn1. The molecule has 0 amide bonds. The van der Waals surface area contributed by atoms with Crippen LogP contribution in [0.4, 0.5) is 0 Å². The second kappa shape index (κ2) is 5.40. The predicted octanol–water partition coefficient (Wildman–Crippen LogP) is 2.57. The quantitative estimate of drug-likeness (QED) is 0.773. The maximum atomic E-state index is 11.5. The smallest absolute Gasteiger partial charge is 0.166 e. The molecule has 2 aromatic rings. The monoisotopic (exact) mass is 242 g/mol. The van der Waals surface area contributed by atoms with Crippen molar-refractivity contribution in [3.63, 3.8) is 0 Å². The summed E-state index contributed by atoms with van der Waals surface area (Å²) in [7, 11) is 0. The van der Waals surface area contributed by atoms with Crippen LogP contribution in [0.1, 0.15) is 28.7 Å². The van der Waals surface area contributed by atoms with Crippen LogP contribution in [0.5, 0.6) is 5.75 Å². The lowest BCUT2D eigenvalue weighted by Crippen LogP contribution is -2.04. The topological polar surface area (TPSA) is 52.1 Å². The lowest BCUT2D eigenvalue weighted by atomic mass is 10.1. The second-order valence-corrected chi connectivity index (χ2v) is 4.01. The van der Waals surface area contributed by atoms with Crippen molar-refractivity contribution < 1.29 is 9.53 Å². The number of ketones is 1. The first-order chi connectivity index (χ1) is 8.66. The summed E-state index contributed by atoms with van der Waals surface area (Å²) in [5.74, 6) is 1.16. The summed E-state index contributed by atoms with van der Waals surface area (Å²) in [6.07, 6.45) is 3.32. The molecule has 2 rings (SSSR count). The van der Waals surface area contributed by atoms with Gasteiger partial charge in [0.15, 0.2) is 11.6 Å². The molecule has 0 N–H and O–H groups in total. The van der Waals surface area contributed by atoms with Crippen LogP contribution in [0.15, 0.2) is 36.7 Å². The van der Waals surface area contributed by atoms with Crippen molar-refractivity contribution in [1.82, 2.24) is 9.97 Å². The highest BCUT2D eigenvalue weighted by Gasteiger charge is 2.09. The van der Waals surface area contributed by atoms with Gasteiger partial charge >= 0.3 is 0 Å². The minimum atomic E-state index is -0.0148. The Morgan fingerprint density at radius 3 is 2.67 bits per heavy atom. The Morgan fingerprint density at radius 2 is 2.00 bits per heavy atom. The standard InChI is InChI=1S/C14H14N2O2/c1-10-4-5-12(11(2)17)13(8-10)18-9-14-15-6-3-7-16-14/h3-8H,9H2,1-2H3. The van der Waals surface area contributed by atoms with E-state index in [2.05, 4.69) is 9.97 Å². The summed E-state index contributed by atoms with van der Waals surface area (Å²) in [5, 5.41) is 0. The summed E-state index contributed by atoms with van der Waals surface area (Å²) >= 11 is 0. The van der Waals surface area contributed by atoms with Crippen LogP contribution in [0.2, 0.25) is 0 Å². The third-order valence-corrected chi connectivity index (χ3v) is 2.49. The molecule has 92 valence electrons. The number of carbonyl (C=O) groups excluding carboxylic acids is 1. The van der Waals surface area contributed by atoms with E-state index in [9.17, 15) is 4.79 Å². The van der Waals surface area contributed by atoms with Gasteiger partial charge in [0.2, 0.25) is 0 Å². The van der Waals surface area contributed by atoms with Crippen LogP contribution in [-0.2, 0) is 6.61 Å². The maximum Gasteiger partial charge on any atom is 0.166 e. The number of hydrogen-bond donors (Lipinski definition) is 0. The van der Waals surface area contributed by atoms with E-state index < -0.39 is 0 Å². The van der Waals surface area contributed by atoms with Crippen molar-refractivity contribution in [1.29, 1.82) is 0 Å². The average molecular weight is 242 g/mol. The van der Waals surface area contributed by atoms with Gasteiger partial charge in [-0.2, -0.15) is 0 Å². The van der Waals surface area contributed by atoms with E-state index in [4.69, 9.17) is 4.74 Å². The van der Waals surface area contributed by atoms with Gasteiger partial charge in [-0.25, -0.2) is 9.97 Å². The predicted molar refractivity (Wildman–Crippen MR) is 67.5 cm³/mol. The van der Waals surface area contributed by atoms with Crippen molar-refractivity contribution in [2.24, 2.45) is 0 Å². The molecular weight excluding hydrogens is 228 g/mol. The number of rotatable bonds is 4. The number of aryl methyl sites for hydroxylation is 1. The van der Waals surface area contributed by atoms with Crippen molar-refractivity contribution in [2.75, 3.05) is 0 Å². The second-order valence-electron chi connectivity index (χ2n) is 4.01. The van der Waals surface area contributed by atoms with E-state index in [0.717, 1.165) is 5.56 Å². The molecular formula is C14H14N2O2. The molecule has 4 nitrogen and oxygen atoms in total. The number of ether oxygens (including phenoxy) is 1. The van der Waals surface area contributed by atoms with Gasteiger partial charge in [0.1, 0.15) is 12.4 Å². The van der Waals surface area contributed by atoms with E-state index in [-0.39, 0.29) is 12.4 Å². The third kappa shape index (κ3) is 2.91. The van der Waals surface area contributed by atoms with Crippen LogP contribution < -0.4 is 4.74 Å². The minimum Gasteiger partial charge on any atom is -0.485 e. The fourth-order valence-electron chi connectivity index (χ4n) is 1.59. The molecule has 0 bridgehead atoms. The number of aromatic nitrogens is 2. The molecule has 18 heavy (non-hydrogen) atoms. The Morgan fingerprint density at radius 1 is 1.28 bits per heavy atom. The summed E-state index contributed by atoms with van der Waals surface area (Å²) in [4.78, 5) is 19.6. The number of Topliss-reactive ketones (excluding diaryl/α,β-unsaturated/α-hetero) is 1. The number of nitrogens with zero attached hydrogens (tertiary/aromatic N) is 2. The first-order valence-corrected chi connectivity index (χ1v) is 5.67. The Bertz CT molecular complexity index is 553. The normalized spacial score (nSPS) is 10.1. The molecule has 0 spiro atoms. The van der Waals surface area contributed by atoms with Crippen LogP contribution in [-0.4, -0.2) is 15.8 Å². The Labute approximate surface area is 106 Å². The van der Waals surface area contributed by atoms with E-state index in [1.54, 1.807) is 24.5 Å². The largest absolute Gasteiger partial charge is 0.485 e. The Hall–Kier alpha value is -2.23. The zero-order chi connectivity index (χ0) is 13.0. The van der Waals surface area contributed by atoms with Crippen LogP contribution in [0, 0.1) is 6.92 Å². The summed E-state index contributed by atoms with van der Waals surface area (Å²) in [6.45, 7) is 3.73. The molecule has 0 radical (unpaired) electrons. The summed E-state index contributed by atoms with van der Waals surface area (Å²) in [5.41, 5.74) is 1.63. The maximum absolute atomic E-state index is 11.5. The zero-order valence-corrected chi connectivity index (χ0v) is 10.4. The molecule has 0 aliphatic heterocycles. The molecule has 1 heterocycles. The van der Waals surface area contributed by atoms with Gasteiger partial charge in [-0.1, -0.05) is 6.07 Å². The molecule has 0 aliphatic carbocycles. The summed E-state index contributed by atoms with van der Waals surface area (Å²) in [6, 6.07) is 7.26. The van der Waals surface area contributed by atoms with Crippen LogP contribution in [0.3, 0.4) is 0 Å². The fourth-order valence-corrected chi connectivity index (χ4v) is 1.59. The van der Waals surface area contributed by atoms with Gasteiger partial charge < -0.3 is 4.74 Å². The van der Waals surface area contributed by atoms with Gasteiger partial charge in [0.05, 0.1) is 5.56 Å². The van der Waals surface area contributed by atoms with Crippen molar-refractivity contribution in [2.45, 2.75) is 20.5 Å². The van der Waals surface area contributed by atoms with Gasteiger partial charge in [0, 0.05) is 12.4 Å². The van der Waals surface area contributed by atoms with E-state index in [1.807, 2.05) is 19.1 Å². The first kappa shape index (κ1) is 12.2. The zero-order valence-electron chi connectivity index (χ0n) is 10.4. The average Bonchev–Trinajstić information content (AvgIpc) is 2.37. The molecule has 0 aliphatic rings. The van der Waals surface area contributed by atoms with Gasteiger partial charge in [-0.15, -0.1) is 0 Å². The highest BCUT2D eigenvalue weighted by Crippen LogP contribution is 2.21. The Balaban J connectivity index is 2.18. The fraction of sp³-hybridized carbons (Fsp3) is 0.214. The van der Waals surface area contributed by atoms with Crippen molar-refractivity contribution in [3.8, 4) is 5.75 Å².